The van der Waals surface area contributed by atoms with Gasteiger partial charge in [-0.1, -0.05) is 30.3 Å². The quantitative estimate of drug-likeness (QED) is 0.577. The molecule has 1 heterocycles. The molecule has 98 valence electrons. The van der Waals surface area contributed by atoms with E-state index in [1.165, 1.54) is 4.90 Å². The number of ether oxygens (including phenoxy) is 2. The van der Waals surface area contributed by atoms with Gasteiger partial charge in [-0.25, -0.2) is 14.5 Å². The molecule has 1 aliphatic rings. The molecule has 0 saturated carbocycles. The Balaban J connectivity index is 2.03. The van der Waals surface area contributed by atoms with Crippen molar-refractivity contribution in [2.24, 2.45) is 0 Å². The molecule has 6 heteroatoms. The highest BCUT2D eigenvalue weighted by Gasteiger charge is 2.52. The van der Waals surface area contributed by atoms with Crippen LogP contribution in [0.1, 0.15) is 5.56 Å². The lowest BCUT2D eigenvalue weighted by atomic mass is 10.1. The first-order valence-corrected chi connectivity index (χ1v) is 5.70. The van der Waals surface area contributed by atoms with E-state index >= 15 is 0 Å². The fraction of sp³-hybridized carbons (Fsp3) is 0.308. The molecule has 19 heavy (non-hydrogen) atoms. The van der Waals surface area contributed by atoms with Crippen molar-refractivity contribution in [2.75, 3.05) is 13.6 Å². The second-order valence-corrected chi connectivity index (χ2v) is 4.13. The molecule has 1 aliphatic heterocycles. The van der Waals surface area contributed by atoms with Crippen molar-refractivity contribution in [1.29, 1.82) is 5.26 Å². The van der Waals surface area contributed by atoms with Crippen LogP contribution in [-0.2, 0) is 25.5 Å². The molecule has 0 bridgehead atoms. The molecule has 0 spiro atoms. The number of benzene rings is 1. The van der Waals surface area contributed by atoms with Crippen molar-refractivity contribution in [3.8, 4) is 6.07 Å². The molecular formula is C13H12N2O4. The average Bonchev–Trinajstić information content (AvgIpc) is 2.74. The summed E-state index contributed by atoms with van der Waals surface area (Å²) in [5.41, 5.74) is 1.07. The number of nitriles is 1. The number of esters is 2. The summed E-state index contributed by atoms with van der Waals surface area (Å²) in [6.07, 6.45) is 0.635. The van der Waals surface area contributed by atoms with Crippen LogP contribution in [0.5, 0.6) is 0 Å². The molecule has 1 aromatic rings. The van der Waals surface area contributed by atoms with Crippen LogP contribution >= 0.6 is 0 Å². The summed E-state index contributed by atoms with van der Waals surface area (Å²) < 4.78 is 9.43. The molecule has 1 aromatic carbocycles. The number of nitrogens with zero attached hydrogens (tertiary/aromatic N) is 2. The molecule has 0 aliphatic carbocycles. The van der Waals surface area contributed by atoms with Gasteiger partial charge in [0.05, 0.1) is 0 Å². The molecular weight excluding hydrogens is 248 g/mol. The number of hydrogen-bond donors (Lipinski definition) is 0. The summed E-state index contributed by atoms with van der Waals surface area (Å²) in [5, 5.41) is 9.07. The Morgan fingerprint density at radius 1 is 1.21 bits per heavy atom. The van der Waals surface area contributed by atoms with E-state index in [-0.39, 0.29) is 0 Å². The number of rotatable bonds is 4. The molecule has 0 unspecified atom stereocenters. The molecule has 0 aromatic heterocycles. The Hall–Kier alpha value is -2.39. The minimum Gasteiger partial charge on any atom is -0.387 e. The van der Waals surface area contributed by atoms with Gasteiger partial charge in [0, 0.05) is 6.54 Å². The molecule has 0 N–H and O–H groups in total. The van der Waals surface area contributed by atoms with Gasteiger partial charge in [0.15, 0.2) is 6.07 Å². The van der Waals surface area contributed by atoms with Gasteiger partial charge in [-0.3, -0.25) is 0 Å². The van der Waals surface area contributed by atoms with E-state index < -0.39 is 17.8 Å². The number of likely N-dealkylation sites (N-methyl/N-ethyl adjacent to an activating group) is 1. The lowest BCUT2D eigenvalue weighted by Crippen LogP contribution is -2.47. The van der Waals surface area contributed by atoms with E-state index in [1.54, 1.807) is 13.1 Å². The van der Waals surface area contributed by atoms with Crippen LogP contribution in [0.4, 0.5) is 0 Å². The maximum atomic E-state index is 11.1. The highest BCUT2D eigenvalue weighted by atomic mass is 16.8. The van der Waals surface area contributed by atoms with Crippen molar-refractivity contribution < 1.29 is 19.1 Å². The molecule has 1 saturated heterocycles. The molecule has 0 amide bonds. The van der Waals surface area contributed by atoms with E-state index in [2.05, 4.69) is 0 Å². The number of carbonyl (C=O) groups is 2. The van der Waals surface area contributed by atoms with Gasteiger partial charge in [-0.2, -0.15) is 5.26 Å². The molecule has 0 radical (unpaired) electrons. The second kappa shape index (κ2) is 5.08. The summed E-state index contributed by atoms with van der Waals surface area (Å²) >= 11 is 0. The first-order chi connectivity index (χ1) is 9.07. The largest absolute Gasteiger partial charge is 0.422 e. The van der Waals surface area contributed by atoms with Gasteiger partial charge >= 0.3 is 17.8 Å². The minimum absolute atomic E-state index is 0.401. The van der Waals surface area contributed by atoms with Crippen LogP contribution in [0.2, 0.25) is 0 Å². The van der Waals surface area contributed by atoms with Crippen molar-refractivity contribution in [1.82, 2.24) is 4.90 Å². The van der Waals surface area contributed by atoms with Crippen LogP contribution in [-0.4, -0.2) is 36.3 Å². The van der Waals surface area contributed by atoms with Gasteiger partial charge in [-0.05, 0) is 19.0 Å². The zero-order valence-electron chi connectivity index (χ0n) is 10.3. The monoisotopic (exact) mass is 260 g/mol. The molecule has 0 atom stereocenters. The van der Waals surface area contributed by atoms with Gasteiger partial charge in [0.1, 0.15) is 0 Å². The lowest BCUT2D eigenvalue weighted by Gasteiger charge is -2.27. The third kappa shape index (κ3) is 2.56. The summed E-state index contributed by atoms with van der Waals surface area (Å²) in [4.78, 5) is 23.5. The SMILES string of the molecule is CN(CCc1ccccc1)C1(C#N)OC(=O)C(=O)O1. The zero-order valence-corrected chi connectivity index (χ0v) is 10.3. The smallest absolute Gasteiger partial charge is 0.387 e. The van der Waals surface area contributed by atoms with E-state index in [9.17, 15) is 9.59 Å². The number of cyclic esters (lactones) is 2. The Morgan fingerprint density at radius 3 is 2.32 bits per heavy atom. The highest BCUT2D eigenvalue weighted by molar-refractivity contribution is 6.31. The summed E-state index contributed by atoms with van der Waals surface area (Å²) in [5.74, 6) is -4.23. The normalized spacial score (nSPS) is 16.9. The van der Waals surface area contributed by atoms with Crippen LogP contribution in [0.15, 0.2) is 30.3 Å². The lowest BCUT2D eigenvalue weighted by molar-refractivity contribution is -0.209. The molecule has 1 fully saturated rings. The summed E-state index contributed by atoms with van der Waals surface area (Å²) in [6.45, 7) is 0.401. The maximum absolute atomic E-state index is 11.1. The Kier molecular flexibility index (Phi) is 3.49. The Labute approximate surface area is 110 Å². The predicted octanol–water partition coefficient (Wildman–Crippen LogP) is 0.438. The van der Waals surface area contributed by atoms with Crippen molar-refractivity contribution in [3.05, 3.63) is 35.9 Å². The van der Waals surface area contributed by atoms with Crippen molar-refractivity contribution in [2.45, 2.75) is 12.3 Å². The van der Waals surface area contributed by atoms with E-state index in [0.717, 1.165) is 5.56 Å². The van der Waals surface area contributed by atoms with E-state index in [4.69, 9.17) is 14.7 Å². The fourth-order valence-electron chi connectivity index (χ4n) is 1.73. The average molecular weight is 260 g/mol. The first kappa shape index (κ1) is 13.1. The number of hydrogen-bond acceptors (Lipinski definition) is 6. The van der Waals surface area contributed by atoms with Gasteiger partial charge in [-0.15, -0.1) is 0 Å². The second-order valence-electron chi connectivity index (χ2n) is 4.13. The van der Waals surface area contributed by atoms with Crippen molar-refractivity contribution in [3.63, 3.8) is 0 Å². The molecule has 6 nitrogen and oxygen atoms in total. The Bertz CT molecular complexity index is 519. The molecule has 2 rings (SSSR count). The topological polar surface area (TPSA) is 79.6 Å². The van der Waals surface area contributed by atoms with Crippen molar-refractivity contribution >= 4 is 11.9 Å². The van der Waals surface area contributed by atoms with Gasteiger partial charge < -0.3 is 9.47 Å². The summed E-state index contributed by atoms with van der Waals surface area (Å²) in [7, 11) is 1.55. The van der Waals surface area contributed by atoms with Crippen LogP contribution in [0.3, 0.4) is 0 Å². The Morgan fingerprint density at radius 2 is 1.79 bits per heavy atom. The standard InChI is InChI=1S/C13H12N2O4/c1-15(8-7-10-5-3-2-4-6-10)13(9-14)18-11(16)12(17)19-13/h2-6H,7-8H2,1H3. The van der Waals surface area contributed by atoms with Gasteiger partial charge in [0.25, 0.3) is 0 Å². The summed E-state index contributed by atoms with van der Waals surface area (Å²) in [6, 6.07) is 11.3. The first-order valence-electron chi connectivity index (χ1n) is 5.70. The fourth-order valence-corrected chi connectivity index (χ4v) is 1.73. The van der Waals surface area contributed by atoms with E-state index in [0.29, 0.717) is 13.0 Å². The minimum atomic E-state index is -1.94. The third-order valence-electron chi connectivity index (χ3n) is 2.85. The van der Waals surface area contributed by atoms with Crippen LogP contribution < -0.4 is 0 Å². The maximum Gasteiger partial charge on any atom is 0.422 e. The van der Waals surface area contributed by atoms with Crippen LogP contribution in [0, 0.1) is 11.3 Å². The highest BCUT2D eigenvalue weighted by Crippen LogP contribution is 2.24. The number of carbonyl (C=O) groups excluding carboxylic acids is 2. The third-order valence-corrected chi connectivity index (χ3v) is 2.85. The van der Waals surface area contributed by atoms with Crippen LogP contribution in [0.25, 0.3) is 0 Å². The predicted molar refractivity (Wildman–Crippen MR) is 63.3 cm³/mol. The van der Waals surface area contributed by atoms with E-state index in [1.807, 2.05) is 30.3 Å². The van der Waals surface area contributed by atoms with Gasteiger partial charge in [0.2, 0.25) is 0 Å². The zero-order chi connectivity index (χ0) is 13.9.